The summed E-state index contributed by atoms with van der Waals surface area (Å²) in [5.74, 6) is 0.0678. The molecule has 0 aromatic heterocycles. The predicted molar refractivity (Wildman–Crippen MR) is 77.8 cm³/mol. The second kappa shape index (κ2) is 7.87. The third-order valence-corrected chi connectivity index (χ3v) is 3.59. The van der Waals surface area contributed by atoms with Crippen molar-refractivity contribution in [2.24, 2.45) is 0 Å². The minimum Gasteiger partial charge on any atom is -0.508 e. The van der Waals surface area contributed by atoms with E-state index in [1.165, 1.54) is 6.07 Å². The predicted octanol–water partition coefficient (Wildman–Crippen LogP) is 3.10. The molecule has 2 N–H and O–H groups in total. The first kappa shape index (κ1) is 18.1. The van der Waals surface area contributed by atoms with E-state index in [9.17, 15) is 18.3 Å². The fourth-order valence-corrected chi connectivity index (χ4v) is 2.60. The zero-order valence-electron chi connectivity index (χ0n) is 11.6. The molecule has 1 aromatic rings. The molecule has 1 aromatic carbocycles. The lowest BCUT2D eigenvalue weighted by atomic mass is 9.98. The molecule has 0 spiro atoms. The number of para-hydroxylation sites is 1. The maximum atomic E-state index is 12.5. The lowest BCUT2D eigenvalue weighted by Crippen LogP contribution is -2.45. The molecule has 3 nitrogen and oxygen atoms in total. The molecular weight excluding hydrogens is 305 g/mol. The molecule has 0 aliphatic carbocycles. The number of hydrogen-bond donors (Lipinski definition) is 2. The van der Waals surface area contributed by atoms with Gasteiger partial charge < -0.3 is 10.4 Å². The SMILES string of the molecule is Cl.Oc1ccccc1[C@@H](CCC(F)(F)F)N1CCNCC1. The van der Waals surface area contributed by atoms with Gasteiger partial charge in [-0.05, 0) is 12.5 Å². The van der Waals surface area contributed by atoms with Crippen LogP contribution < -0.4 is 5.32 Å². The number of alkyl halides is 3. The molecular formula is C14H20ClF3N2O. The summed E-state index contributed by atoms with van der Waals surface area (Å²) >= 11 is 0. The van der Waals surface area contributed by atoms with E-state index >= 15 is 0 Å². The van der Waals surface area contributed by atoms with Crippen molar-refractivity contribution in [3.63, 3.8) is 0 Å². The number of halogens is 4. The Balaban J connectivity index is 0.00000220. The van der Waals surface area contributed by atoms with Crippen LogP contribution in [-0.2, 0) is 0 Å². The van der Waals surface area contributed by atoms with Gasteiger partial charge in [-0.2, -0.15) is 13.2 Å². The van der Waals surface area contributed by atoms with Gasteiger partial charge in [-0.1, -0.05) is 18.2 Å². The van der Waals surface area contributed by atoms with E-state index in [2.05, 4.69) is 5.32 Å². The number of nitrogens with zero attached hydrogens (tertiary/aromatic N) is 1. The van der Waals surface area contributed by atoms with Crippen molar-refractivity contribution in [2.45, 2.75) is 25.1 Å². The summed E-state index contributed by atoms with van der Waals surface area (Å²) in [7, 11) is 0. The number of phenols is 1. The van der Waals surface area contributed by atoms with E-state index in [0.717, 1.165) is 13.1 Å². The molecule has 7 heteroatoms. The van der Waals surface area contributed by atoms with Crippen LogP contribution >= 0.6 is 12.4 Å². The smallest absolute Gasteiger partial charge is 0.389 e. The molecule has 1 fully saturated rings. The zero-order chi connectivity index (χ0) is 14.6. The molecule has 1 aliphatic rings. The normalized spacial score (nSPS) is 18.0. The fraction of sp³-hybridized carbons (Fsp3) is 0.571. The molecule has 120 valence electrons. The number of hydrogen-bond acceptors (Lipinski definition) is 3. The van der Waals surface area contributed by atoms with Gasteiger partial charge in [0.25, 0.3) is 0 Å². The van der Waals surface area contributed by atoms with Gasteiger partial charge in [-0.3, -0.25) is 4.90 Å². The van der Waals surface area contributed by atoms with Gasteiger partial charge in [-0.15, -0.1) is 12.4 Å². The third kappa shape index (κ3) is 5.37. The lowest BCUT2D eigenvalue weighted by molar-refractivity contribution is -0.138. The number of phenolic OH excluding ortho intramolecular Hbond substituents is 1. The first-order chi connectivity index (χ1) is 9.47. The minimum atomic E-state index is -4.17. The van der Waals surface area contributed by atoms with Crippen molar-refractivity contribution >= 4 is 12.4 Å². The monoisotopic (exact) mass is 324 g/mol. The number of piperazine rings is 1. The summed E-state index contributed by atoms with van der Waals surface area (Å²) in [4.78, 5) is 2.01. The van der Waals surface area contributed by atoms with Gasteiger partial charge >= 0.3 is 6.18 Å². The summed E-state index contributed by atoms with van der Waals surface area (Å²) in [6.07, 6.45) is -5.03. The van der Waals surface area contributed by atoms with Crippen molar-refractivity contribution < 1.29 is 18.3 Å². The quantitative estimate of drug-likeness (QED) is 0.893. The number of rotatable bonds is 4. The zero-order valence-corrected chi connectivity index (χ0v) is 12.4. The third-order valence-electron chi connectivity index (χ3n) is 3.59. The molecule has 0 bridgehead atoms. The van der Waals surface area contributed by atoms with E-state index in [1.807, 2.05) is 4.90 Å². The van der Waals surface area contributed by atoms with E-state index in [-0.39, 0.29) is 30.6 Å². The molecule has 0 saturated carbocycles. The van der Waals surface area contributed by atoms with Crippen molar-refractivity contribution in [3.8, 4) is 5.75 Å². The fourth-order valence-electron chi connectivity index (χ4n) is 2.60. The maximum absolute atomic E-state index is 12.5. The second-order valence-electron chi connectivity index (χ2n) is 5.01. The average molecular weight is 325 g/mol. The van der Waals surface area contributed by atoms with Crippen LogP contribution in [0.5, 0.6) is 5.75 Å². The Morgan fingerprint density at radius 2 is 1.81 bits per heavy atom. The molecule has 2 rings (SSSR count). The first-order valence-corrected chi connectivity index (χ1v) is 6.77. The average Bonchev–Trinajstić information content (AvgIpc) is 2.41. The highest BCUT2D eigenvalue weighted by Crippen LogP contribution is 2.35. The van der Waals surface area contributed by atoms with Crippen LogP contribution in [0.25, 0.3) is 0 Å². The Hall–Kier alpha value is -0.980. The number of aromatic hydroxyl groups is 1. The standard InChI is InChI=1S/C14H19F3N2O.ClH/c15-14(16,17)6-5-12(19-9-7-18-8-10-19)11-3-1-2-4-13(11)20;/h1-4,12,18,20H,5-10H2;1H/t12-;/m1./s1. The van der Waals surface area contributed by atoms with Crippen molar-refractivity contribution in [1.82, 2.24) is 10.2 Å². The van der Waals surface area contributed by atoms with Crippen molar-refractivity contribution in [2.75, 3.05) is 26.2 Å². The van der Waals surface area contributed by atoms with Crippen LogP contribution in [0.15, 0.2) is 24.3 Å². The van der Waals surface area contributed by atoms with Gasteiger partial charge in [-0.25, -0.2) is 0 Å². The van der Waals surface area contributed by atoms with Crippen LogP contribution in [0, 0.1) is 0 Å². The lowest BCUT2D eigenvalue weighted by Gasteiger charge is -2.35. The van der Waals surface area contributed by atoms with Gasteiger partial charge in [0.1, 0.15) is 5.75 Å². The Morgan fingerprint density at radius 3 is 2.38 bits per heavy atom. The van der Waals surface area contributed by atoms with Gasteiger partial charge in [0.05, 0.1) is 0 Å². The maximum Gasteiger partial charge on any atom is 0.389 e. The van der Waals surface area contributed by atoms with Crippen LogP contribution in [0.2, 0.25) is 0 Å². The summed E-state index contributed by atoms with van der Waals surface area (Å²) < 4.78 is 37.5. The topological polar surface area (TPSA) is 35.5 Å². The Morgan fingerprint density at radius 1 is 1.19 bits per heavy atom. The Bertz CT molecular complexity index is 436. The highest BCUT2D eigenvalue weighted by Gasteiger charge is 2.32. The van der Waals surface area contributed by atoms with Crippen molar-refractivity contribution in [1.29, 1.82) is 0 Å². The number of nitrogens with one attached hydrogen (secondary N) is 1. The molecule has 0 radical (unpaired) electrons. The highest BCUT2D eigenvalue weighted by atomic mass is 35.5. The van der Waals surface area contributed by atoms with E-state index in [0.29, 0.717) is 18.7 Å². The van der Waals surface area contributed by atoms with Gasteiger partial charge in [0.15, 0.2) is 0 Å². The van der Waals surface area contributed by atoms with E-state index in [1.54, 1.807) is 18.2 Å². The van der Waals surface area contributed by atoms with Crippen LogP contribution in [0.3, 0.4) is 0 Å². The molecule has 0 unspecified atom stereocenters. The first-order valence-electron chi connectivity index (χ1n) is 6.77. The van der Waals surface area contributed by atoms with Crippen LogP contribution in [-0.4, -0.2) is 42.4 Å². The number of benzene rings is 1. The highest BCUT2D eigenvalue weighted by molar-refractivity contribution is 5.85. The molecule has 1 atom stereocenters. The molecule has 1 saturated heterocycles. The second-order valence-corrected chi connectivity index (χ2v) is 5.01. The van der Waals surface area contributed by atoms with E-state index in [4.69, 9.17) is 0 Å². The van der Waals surface area contributed by atoms with E-state index < -0.39 is 12.6 Å². The molecule has 1 aliphatic heterocycles. The summed E-state index contributed by atoms with van der Waals surface area (Å²) in [5, 5.41) is 13.1. The summed E-state index contributed by atoms with van der Waals surface area (Å²) in [6.45, 7) is 2.90. The van der Waals surface area contributed by atoms with Crippen molar-refractivity contribution in [3.05, 3.63) is 29.8 Å². The Kier molecular flexibility index (Phi) is 6.77. The molecule has 21 heavy (non-hydrogen) atoms. The van der Waals surface area contributed by atoms with Gasteiger partial charge in [0.2, 0.25) is 0 Å². The Labute approximate surface area is 128 Å². The van der Waals surface area contributed by atoms with Crippen LogP contribution in [0.4, 0.5) is 13.2 Å². The van der Waals surface area contributed by atoms with Crippen LogP contribution in [0.1, 0.15) is 24.4 Å². The molecule has 0 amide bonds. The summed E-state index contributed by atoms with van der Waals surface area (Å²) in [6, 6.07) is 6.27. The minimum absolute atomic E-state index is 0. The summed E-state index contributed by atoms with van der Waals surface area (Å²) in [5.41, 5.74) is 0.582. The van der Waals surface area contributed by atoms with Gasteiger partial charge in [0, 0.05) is 44.2 Å². The molecule has 1 heterocycles. The largest absolute Gasteiger partial charge is 0.508 e.